The molecule has 0 fully saturated rings. The van der Waals surface area contributed by atoms with Crippen molar-refractivity contribution < 1.29 is 19.1 Å². The van der Waals surface area contributed by atoms with E-state index >= 15 is 0 Å². The zero-order chi connectivity index (χ0) is 21.0. The SMILES string of the molecule is Cc1ccccc1[C@H](CC(=O)O)NC(=O)c1cncc(-c2ccc(F)c(Cl)c2)c1. The lowest BCUT2D eigenvalue weighted by molar-refractivity contribution is -0.137. The second-order valence-corrected chi connectivity index (χ2v) is 6.98. The number of hydrogen-bond acceptors (Lipinski definition) is 3. The molecule has 0 saturated heterocycles. The number of aromatic nitrogens is 1. The summed E-state index contributed by atoms with van der Waals surface area (Å²) in [6, 6.07) is 12.4. The fourth-order valence-electron chi connectivity index (χ4n) is 3.03. The van der Waals surface area contributed by atoms with Crippen molar-refractivity contribution in [2.75, 3.05) is 0 Å². The van der Waals surface area contributed by atoms with Crippen LogP contribution in [0.4, 0.5) is 4.39 Å². The normalized spacial score (nSPS) is 11.7. The molecule has 0 saturated carbocycles. The number of carbonyl (C=O) groups excluding carboxylic acids is 1. The van der Waals surface area contributed by atoms with Crippen molar-refractivity contribution in [1.29, 1.82) is 0 Å². The van der Waals surface area contributed by atoms with Crippen LogP contribution in [0.1, 0.15) is 33.9 Å². The van der Waals surface area contributed by atoms with Gasteiger partial charge in [-0.25, -0.2) is 4.39 Å². The minimum Gasteiger partial charge on any atom is -0.481 e. The third-order valence-electron chi connectivity index (χ3n) is 4.50. The Morgan fingerprint density at radius 2 is 1.90 bits per heavy atom. The van der Waals surface area contributed by atoms with Gasteiger partial charge in [0.1, 0.15) is 5.82 Å². The standard InChI is InChI=1S/C22H18ClFN2O3/c1-13-4-2-3-5-17(13)20(10-21(27)28)26-22(29)16-8-15(11-25-12-16)14-6-7-19(24)18(23)9-14/h2-9,11-12,20H,10H2,1H3,(H,26,29)(H,27,28)/t20-/m0/s1. The number of nitrogens with one attached hydrogen (secondary N) is 1. The molecule has 29 heavy (non-hydrogen) atoms. The molecule has 0 spiro atoms. The van der Waals surface area contributed by atoms with Crippen molar-refractivity contribution in [3.8, 4) is 11.1 Å². The second-order valence-electron chi connectivity index (χ2n) is 6.57. The van der Waals surface area contributed by atoms with Crippen molar-refractivity contribution in [1.82, 2.24) is 10.3 Å². The summed E-state index contributed by atoms with van der Waals surface area (Å²) in [6.07, 6.45) is 2.67. The van der Waals surface area contributed by atoms with Crippen LogP contribution >= 0.6 is 11.6 Å². The van der Waals surface area contributed by atoms with Crippen molar-refractivity contribution in [2.45, 2.75) is 19.4 Å². The van der Waals surface area contributed by atoms with Crippen molar-refractivity contribution in [2.24, 2.45) is 0 Å². The number of aliphatic carboxylic acids is 1. The maximum atomic E-state index is 13.4. The molecule has 0 unspecified atom stereocenters. The molecule has 2 aromatic carbocycles. The highest BCUT2D eigenvalue weighted by atomic mass is 35.5. The van der Waals surface area contributed by atoms with Crippen LogP contribution in [0.2, 0.25) is 5.02 Å². The van der Waals surface area contributed by atoms with Gasteiger partial charge in [0, 0.05) is 18.0 Å². The van der Waals surface area contributed by atoms with Crippen LogP contribution in [0, 0.1) is 12.7 Å². The lowest BCUT2D eigenvalue weighted by Crippen LogP contribution is -2.30. The number of carbonyl (C=O) groups is 2. The monoisotopic (exact) mass is 412 g/mol. The minimum absolute atomic E-state index is 0.0292. The number of aryl methyl sites for hydroxylation is 1. The number of pyridine rings is 1. The highest BCUT2D eigenvalue weighted by Gasteiger charge is 2.21. The highest BCUT2D eigenvalue weighted by molar-refractivity contribution is 6.31. The van der Waals surface area contributed by atoms with Gasteiger partial charge in [-0.3, -0.25) is 14.6 Å². The smallest absolute Gasteiger partial charge is 0.305 e. The molecule has 0 bridgehead atoms. The Balaban J connectivity index is 1.88. The summed E-state index contributed by atoms with van der Waals surface area (Å²) >= 11 is 5.84. The number of halogens is 2. The molecular weight excluding hydrogens is 395 g/mol. The van der Waals surface area contributed by atoms with Crippen LogP contribution in [0.5, 0.6) is 0 Å². The molecule has 1 aromatic heterocycles. The quantitative estimate of drug-likeness (QED) is 0.609. The number of benzene rings is 2. The van der Waals surface area contributed by atoms with Gasteiger partial charge in [-0.2, -0.15) is 0 Å². The van der Waals surface area contributed by atoms with Gasteiger partial charge in [-0.15, -0.1) is 0 Å². The van der Waals surface area contributed by atoms with E-state index in [1.54, 1.807) is 24.3 Å². The minimum atomic E-state index is -1.02. The largest absolute Gasteiger partial charge is 0.481 e. The number of rotatable bonds is 6. The van der Waals surface area contributed by atoms with Crippen molar-refractivity contribution >= 4 is 23.5 Å². The first-order valence-corrected chi connectivity index (χ1v) is 9.21. The van der Waals surface area contributed by atoms with Gasteiger partial charge in [0.25, 0.3) is 5.91 Å². The summed E-state index contributed by atoms with van der Waals surface area (Å²) < 4.78 is 13.4. The maximum Gasteiger partial charge on any atom is 0.305 e. The Bertz CT molecular complexity index is 1070. The Kier molecular flexibility index (Phi) is 6.24. The Hall–Kier alpha value is -3.25. The zero-order valence-electron chi connectivity index (χ0n) is 15.5. The molecule has 1 amide bonds. The van der Waals surface area contributed by atoms with Crippen LogP contribution in [-0.2, 0) is 4.79 Å². The number of carboxylic acid groups (broad SMARTS) is 1. The molecule has 0 radical (unpaired) electrons. The summed E-state index contributed by atoms with van der Waals surface area (Å²) in [5.74, 6) is -2.01. The average Bonchev–Trinajstić information content (AvgIpc) is 2.69. The van der Waals surface area contributed by atoms with Gasteiger partial charge in [-0.05, 0) is 41.8 Å². The molecule has 3 aromatic rings. The predicted octanol–water partition coefficient (Wildman–Crippen LogP) is 4.80. The zero-order valence-corrected chi connectivity index (χ0v) is 16.3. The van der Waals surface area contributed by atoms with E-state index in [9.17, 15) is 19.1 Å². The molecular formula is C22H18ClFN2O3. The fourth-order valence-corrected chi connectivity index (χ4v) is 3.21. The molecule has 7 heteroatoms. The van der Waals surface area contributed by atoms with E-state index in [1.165, 1.54) is 24.5 Å². The molecule has 0 aliphatic carbocycles. The maximum absolute atomic E-state index is 13.4. The third kappa shape index (κ3) is 4.97. The van der Waals surface area contributed by atoms with E-state index < -0.39 is 23.7 Å². The summed E-state index contributed by atoms with van der Waals surface area (Å²) in [7, 11) is 0. The van der Waals surface area contributed by atoms with Crippen LogP contribution < -0.4 is 5.32 Å². The van der Waals surface area contributed by atoms with E-state index in [4.69, 9.17) is 11.6 Å². The Labute approximate surface area is 172 Å². The van der Waals surface area contributed by atoms with E-state index in [-0.39, 0.29) is 17.0 Å². The van der Waals surface area contributed by atoms with Gasteiger partial charge < -0.3 is 10.4 Å². The van der Waals surface area contributed by atoms with E-state index in [2.05, 4.69) is 10.3 Å². The molecule has 148 valence electrons. The lowest BCUT2D eigenvalue weighted by Gasteiger charge is -2.19. The van der Waals surface area contributed by atoms with Crippen LogP contribution in [0.25, 0.3) is 11.1 Å². The van der Waals surface area contributed by atoms with Crippen molar-refractivity contribution in [3.05, 3.63) is 88.5 Å². The lowest BCUT2D eigenvalue weighted by atomic mass is 9.98. The van der Waals surface area contributed by atoms with Gasteiger partial charge in [-0.1, -0.05) is 41.9 Å². The van der Waals surface area contributed by atoms with Crippen molar-refractivity contribution in [3.63, 3.8) is 0 Å². The van der Waals surface area contributed by atoms with Gasteiger partial charge in [0.05, 0.1) is 23.0 Å². The van der Waals surface area contributed by atoms with E-state index in [1.807, 2.05) is 19.1 Å². The first-order valence-electron chi connectivity index (χ1n) is 8.84. The Morgan fingerprint density at radius 1 is 1.14 bits per heavy atom. The molecule has 5 nitrogen and oxygen atoms in total. The predicted molar refractivity (Wildman–Crippen MR) is 108 cm³/mol. The van der Waals surface area contributed by atoms with Gasteiger partial charge in [0.2, 0.25) is 0 Å². The number of amides is 1. The van der Waals surface area contributed by atoms with Crippen LogP contribution in [0.3, 0.4) is 0 Å². The molecule has 0 aliphatic rings. The molecule has 3 rings (SSSR count). The first-order chi connectivity index (χ1) is 13.8. The van der Waals surface area contributed by atoms with Gasteiger partial charge in [0.15, 0.2) is 0 Å². The molecule has 1 heterocycles. The average molecular weight is 413 g/mol. The summed E-state index contributed by atoms with van der Waals surface area (Å²) in [5, 5.41) is 12.0. The molecule has 1 atom stereocenters. The Morgan fingerprint density at radius 3 is 2.59 bits per heavy atom. The third-order valence-corrected chi connectivity index (χ3v) is 4.79. The molecule has 0 aliphatic heterocycles. The van der Waals surface area contributed by atoms with E-state index in [0.29, 0.717) is 11.1 Å². The van der Waals surface area contributed by atoms with Crippen LogP contribution in [-0.4, -0.2) is 22.0 Å². The number of hydrogen-bond donors (Lipinski definition) is 2. The number of nitrogens with zero attached hydrogens (tertiary/aromatic N) is 1. The van der Waals surface area contributed by atoms with Crippen LogP contribution in [0.15, 0.2) is 60.9 Å². The topological polar surface area (TPSA) is 79.3 Å². The molecule has 2 N–H and O–H groups in total. The van der Waals surface area contributed by atoms with Gasteiger partial charge >= 0.3 is 5.97 Å². The summed E-state index contributed by atoms with van der Waals surface area (Å²) in [6.45, 7) is 1.86. The van der Waals surface area contributed by atoms with E-state index in [0.717, 1.165) is 11.1 Å². The fraction of sp³-hybridized carbons (Fsp3) is 0.136. The first kappa shape index (κ1) is 20.5. The second kappa shape index (κ2) is 8.84. The highest BCUT2D eigenvalue weighted by Crippen LogP contribution is 2.26. The summed E-state index contributed by atoms with van der Waals surface area (Å²) in [4.78, 5) is 28.2. The summed E-state index contributed by atoms with van der Waals surface area (Å²) in [5.41, 5.74) is 3.07. The number of carboxylic acids is 1.